The van der Waals surface area contributed by atoms with Crippen LogP contribution in [0, 0.1) is 0 Å². The predicted octanol–water partition coefficient (Wildman–Crippen LogP) is 17.0. The van der Waals surface area contributed by atoms with Gasteiger partial charge in [-0.15, -0.1) is 0 Å². The third-order valence-electron chi connectivity index (χ3n) is 13.0. The maximum absolute atomic E-state index is 6.91. The molecule has 3 aromatic heterocycles. The summed E-state index contributed by atoms with van der Waals surface area (Å²) in [6, 6.07) is 82.0. The Morgan fingerprint density at radius 1 is 0.191 bits per heavy atom. The number of hydrogen-bond acceptors (Lipinski definition) is 5. The monoisotopic (exact) mass is 869 g/mol. The average Bonchev–Trinajstić information content (AvgIpc) is 4.01. The van der Waals surface area contributed by atoms with Crippen LogP contribution in [0.5, 0.6) is 0 Å². The molecule has 5 heteroatoms. The minimum absolute atomic E-state index is 0.592. The molecule has 13 rings (SSSR count). The molecule has 0 aliphatic heterocycles. The van der Waals surface area contributed by atoms with Gasteiger partial charge in [0.2, 0.25) is 0 Å². The lowest BCUT2D eigenvalue weighted by atomic mass is 9.93. The van der Waals surface area contributed by atoms with Gasteiger partial charge in [-0.3, -0.25) is 0 Å². The zero-order chi connectivity index (χ0) is 45.0. The highest BCUT2D eigenvalue weighted by Crippen LogP contribution is 2.43. The Balaban J connectivity index is 0.860. The first-order chi connectivity index (χ1) is 33.7. The van der Waals surface area contributed by atoms with E-state index in [9.17, 15) is 0 Å². The van der Waals surface area contributed by atoms with Gasteiger partial charge in [0.25, 0.3) is 0 Å². The topological polar surface area (TPSA) is 65.0 Å². The van der Waals surface area contributed by atoms with Gasteiger partial charge in [-0.1, -0.05) is 237 Å². The smallest absolute Gasteiger partial charge is 0.164 e. The fraction of sp³-hybridized carbons (Fsp3) is 0. The molecule has 0 N–H and O–H groups in total. The fourth-order valence-corrected chi connectivity index (χ4v) is 9.69. The van der Waals surface area contributed by atoms with Crippen LogP contribution >= 0.6 is 0 Å². The van der Waals surface area contributed by atoms with Gasteiger partial charge >= 0.3 is 0 Å². The van der Waals surface area contributed by atoms with E-state index >= 15 is 0 Å². The second-order valence-electron chi connectivity index (χ2n) is 17.0. The quantitative estimate of drug-likeness (QED) is 0.152. The molecular formula is C63H39N3O2. The highest BCUT2D eigenvalue weighted by atomic mass is 16.3. The van der Waals surface area contributed by atoms with Gasteiger partial charge in [-0.2, -0.15) is 0 Å². The molecule has 5 nitrogen and oxygen atoms in total. The summed E-state index contributed by atoms with van der Waals surface area (Å²) < 4.78 is 13.7. The van der Waals surface area contributed by atoms with Gasteiger partial charge in [0.15, 0.2) is 17.5 Å². The van der Waals surface area contributed by atoms with Gasteiger partial charge in [0, 0.05) is 60.5 Å². The molecule has 3 heterocycles. The third kappa shape index (κ3) is 6.76. The van der Waals surface area contributed by atoms with Gasteiger partial charge in [-0.25, -0.2) is 15.0 Å². The van der Waals surface area contributed by atoms with Crippen LogP contribution in [0.1, 0.15) is 0 Å². The van der Waals surface area contributed by atoms with Crippen molar-refractivity contribution in [3.05, 3.63) is 237 Å². The van der Waals surface area contributed by atoms with Crippen LogP contribution < -0.4 is 0 Å². The van der Waals surface area contributed by atoms with Crippen molar-refractivity contribution in [1.29, 1.82) is 0 Å². The molecule has 0 saturated heterocycles. The number of furan rings is 2. The van der Waals surface area contributed by atoms with Gasteiger partial charge < -0.3 is 8.83 Å². The minimum atomic E-state index is 0.592. The Kier molecular flexibility index (Phi) is 9.43. The summed E-state index contributed by atoms with van der Waals surface area (Å²) in [5.41, 5.74) is 17.0. The van der Waals surface area contributed by atoms with Crippen LogP contribution in [0.2, 0.25) is 0 Å². The van der Waals surface area contributed by atoms with E-state index in [-0.39, 0.29) is 0 Å². The number of fused-ring (bicyclic) bond motifs is 6. The zero-order valence-electron chi connectivity index (χ0n) is 36.7. The van der Waals surface area contributed by atoms with Crippen LogP contribution in [-0.4, -0.2) is 15.0 Å². The van der Waals surface area contributed by atoms with E-state index in [1.807, 2.05) is 36.4 Å². The molecule has 10 aromatic carbocycles. The Bertz CT molecular complexity index is 3990. The van der Waals surface area contributed by atoms with Gasteiger partial charge in [0.1, 0.15) is 22.3 Å². The van der Waals surface area contributed by atoms with E-state index in [4.69, 9.17) is 23.8 Å². The van der Waals surface area contributed by atoms with Crippen molar-refractivity contribution in [1.82, 2.24) is 15.0 Å². The van der Waals surface area contributed by atoms with E-state index in [0.29, 0.717) is 17.5 Å². The van der Waals surface area contributed by atoms with Gasteiger partial charge in [-0.05, 0) is 33.4 Å². The molecule has 0 unspecified atom stereocenters. The maximum Gasteiger partial charge on any atom is 0.164 e. The first kappa shape index (κ1) is 39.2. The highest BCUT2D eigenvalue weighted by molar-refractivity contribution is 6.14. The predicted molar refractivity (Wildman–Crippen MR) is 278 cm³/mol. The zero-order valence-corrected chi connectivity index (χ0v) is 36.7. The fourth-order valence-electron chi connectivity index (χ4n) is 9.69. The van der Waals surface area contributed by atoms with E-state index in [2.05, 4.69) is 200 Å². The summed E-state index contributed by atoms with van der Waals surface area (Å²) >= 11 is 0. The molecule has 0 atom stereocenters. The average molecular weight is 870 g/mol. The molecule has 0 fully saturated rings. The molecule has 0 saturated carbocycles. The number of hydrogen-bond donors (Lipinski definition) is 0. The van der Waals surface area contributed by atoms with Gasteiger partial charge in [0.05, 0.1) is 0 Å². The summed E-state index contributed by atoms with van der Waals surface area (Å²) in [6.07, 6.45) is 0. The summed E-state index contributed by atoms with van der Waals surface area (Å²) in [5.74, 6) is 1.79. The normalized spacial score (nSPS) is 11.5. The van der Waals surface area contributed by atoms with Crippen LogP contribution in [0.4, 0.5) is 0 Å². The van der Waals surface area contributed by atoms with E-state index in [1.165, 1.54) is 11.1 Å². The van der Waals surface area contributed by atoms with Crippen LogP contribution in [-0.2, 0) is 0 Å². The third-order valence-corrected chi connectivity index (χ3v) is 13.0. The molecule has 0 aliphatic carbocycles. The second-order valence-corrected chi connectivity index (χ2v) is 17.0. The summed E-state index contributed by atoms with van der Waals surface area (Å²) in [5, 5.41) is 4.35. The van der Waals surface area contributed by atoms with Crippen molar-refractivity contribution in [3.63, 3.8) is 0 Å². The molecule has 0 aliphatic rings. The Hall–Kier alpha value is -9.19. The number of aromatic nitrogens is 3. The molecule has 318 valence electrons. The Labute approximate surface area is 392 Å². The number of nitrogens with zero attached hydrogens (tertiary/aromatic N) is 3. The molecule has 0 spiro atoms. The molecular weight excluding hydrogens is 831 g/mol. The molecule has 68 heavy (non-hydrogen) atoms. The largest absolute Gasteiger partial charge is 0.455 e. The lowest BCUT2D eigenvalue weighted by Gasteiger charge is -2.10. The standard InChI is InChI=1S/C63H39N3O2/c1-4-16-40(17-5-1)47-22-10-11-23-51(47)52-27-15-31-56-55-30-14-26-50(59(55)68-60(52)56)43-34-38-46(39-35-43)63-65-61(44-20-8-3-9-21-44)64-62(66-63)45-36-32-42(33-37-45)49-25-13-29-54-53-28-12-24-48(57(53)67-58(49)54)41-18-6-2-7-19-41/h1-39H. The minimum Gasteiger partial charge on any atom is -0.455 e. The second kappa shape index (κ2) is 16.4. The van der Waals surface area contributed by atoms with Crippen LogP contribution in [0.25, 0.3) is 134 Å². The summed E-state index contributed by atoms with van der Waals surface area (Å²) in [7, 11) is 0. The molecule has 0 radical (unpaired) electrons. The van der Waals surface area contributed by atoms with Crippen molar-refractivity contribution in [2.24, 2.45) is 0 Å². The van der Waals surface area contributed by atoms with Crippen molar-refractivity contribution < 1.29 is 8.83 Å². The van der Waals surface area contributed by atoms with E-state index < -0.39 is 0 Å². The van der Waals surface area contributed by atoms with Crippen molar-refractivity contribution in [3.8, 4) is 89.8 Å². The van der Waals surface area contributed by atoms with Crippen molar-refractivity contribution in [2.75, 3.05) is 0 Å². The Morgan fingerprint density at radius 3 is 0.868 bits per heavy atom. The molecule has 13 aromatic rings. The van der Waals surface area contributed by atoms with E-state index in [1.54, 1.807) is 0 Å². The number of para-hydroxylation sites is 4. The Morgan fingerprint density at radius 2 is 0.456 bits per heavy atom. The summed E-state index contributed by atoms with van der Waals surface area (Å²) in [4.78, 5) is 15.2. The van der Waals surface area contributed by atoms with E-state index in [0.717, 1.165) is 105 Å². The van der Waals surface area contributed by atoms with Crippen LogP contribution in [0.15, 0.2) is 245 Å². The molecule has 0 amide bonds. The number of rotatable bonds is 8. The molecule has 0 bridgehead atoms. The summed E-state index contributed by atoms with van der Waals surface area (Å²) in [6.45, 7) is 0. The van der Waals surface area contributed by atoms with Crippen molar-refractivity contribution >= 4 is 43.9 Å². The maximum atomic E-state index is 6.91. The SMILES string of the molecule is c1ccc(-c2nc(-c3ccc(-c4cccc5c4oc4c(-c6ccccc6)cccc45)cc3)nc(-c3ccc(-c4cccc5c4oc4c(-c6ccccc6-c6ccccc6)cccc45)cc3)n2)cc1. The first-order valence-corrected chi connectivity index (χ1v) is 22.8. The van der Waals surface area contributed by atoms with Crippen molar-refractivity contribution in [2.45, 2.75) is 0 Å². The lowest BCUT2D eigenvalue weighted by molar-refractivity contribution is 0.670. The highest BCUT2D eigenvalue weighted by Gasteiger charge is 2.20. The number of benzene rings is 10. The first-order valence-electron chi connectivity index (χ1n) is 22.8. The lowest BCUT2D eigenvalue weighted by Crippen LogP contribution is -2.00. The van der Waals surface area contributed by atoms with Crippen LogP contribution in [0.3, 0.4) is 0 Å².